The quantitative estimate of drug-likeness (QED) is 0.511. The summed E-state index contributed by atoms with van der Waals surface area (Å²) in [4.78, 5) is 10.9. The van der Waals surface area contributed by atoms with Gasteiger partial charge in [0, 0.05) is 12.8 Å². The van der Waals surface area contributed by atoms with E-state index in [1.165, 1.54) is 0 Å². The van der Waals surface area contributed by atoms with Crippen LogP contribution in [0.3, 0.4) is 0 Å². The summed E-state index contributed by atoms with van der Waals surface area (Å²) in [6, 6.07) is 0. The smallest absolute Gasteiger partial charge is 0.133 e. The van der Waals surface area contributed by atoms with Crippen LogP contribution in [0, 0.1) is 0 Å². The van der Waals surface area contributed by atoms with Gasteiger partial charge in [-0.05, 0) is 18.9 Å². The number of allylic oxidation sites excluding steroid dienone is 1. The molecular weight excluding hydrogens is 128 g/mol. The van der Waals surface area contributed by atoms with Crippen LogP contribution >= 0.6 is 0 Å². The second-order valence-electron chi connectivity index (χ2n) is 2.42. The van der Waals surface area contributed by atoms with Crippen molar-refractivity contribution in [2.75, 3.05) is 6.61 Å². The van der Waals surface area contributed by atoms with Crippen LogP contribution in [0.1, 0.15) is 25.7 Å². The summed E-state index contributed by atoms with van der Waals surface area (Å²) < 4.78 is 5.07. The zero-order valence-electron chi connectivity index (χ0n) is 6.01. The van der Waals surface area contributed by atoms with Gasteiger partial charge >= 0.3 is 0 Å². The minimum Gasteiger partial charge on any atom is -0.502 e. The Morgan fingerprint density at radius 2 is 2.30 bits per heavy atom. The highest BCUT2D eigenvalue weighted by Crippen LogP contribution is 2.03. The van der Waals surface area contributed by atoms with Gasteiger partial charge in [-0.15, -0.1) is 0 Å². The molecule has 0 unspecified atom stereocenters. The summed E-state index contributed by atoms with van der Waals surface area (Å²) in [5.74, 6) is 0.357. The van der Waals surface area contributed by atoms with E-state index in [0.717, 1.165) is 12.8 Å². The van der Waals surface area contributed by atoms with Crippen molar-refractivity contribution in [1.29, 1.82) is 0 Å². The first kappa shape index (κ1) is 7.32. The monoisotopic (exact) mass is 140 g/mol. The molecule has 0 saturated heterocycles. The van der Waals surface area contributed by atoms with E-state index in [1.807, 2.05) is 6.08 Å². The molecule has 2 heteroatoms. The highest BCUT2D eigenvalue weighted by molar-refractivity contribution is 5.78. The highest BCUT2D eigenvalue weighted by atomic mass is 16.5. The van der Waals surface area contributed by atoms with Crippen LogP contribution < -0.4 is 0 Å². The van der Waals surface area contributed by atoms with E-state index in [1.54, 1.807) is 6.26 Å². The van der Waals surface area contributed by atoms with Gasteiger partial charge in [0.2, 0.25) is 0 Å². The van der Waals surface area contributed by atoms with Crippen molar-refractivity contribution in [3.8, 4) is 0 Å². The number of rotatable bonds is 0. The molecule has 1 aliphatic rings. The molecule has 0 spiro atoms. The molecule has 0 aromatic rings. The minimum absolute atomic E-state index is 0.357. The van der Waals surface area contributed by atoms with E-state index in [9.17, 15) is 4.79 Å². The van der Waals surface area contributed by atoms with Gasteiger partial charge in [0.25, 0.3) is 0 Å². The predicted molar refractivity (Wildman–Crippen MR) is 38.6 cm³/mol. The summed E-state index contributed by atoms with van der Waals surface area (Å²) in [5, 5.41) is 0. The third kappa shape index (κ3) is 2.67. The Kier molecular flexibility index (Phi) is 3.00. The number of hydrogen-bond donors (Lipinski definition) is 0. The second-order valence-corrected chi connectivity index (χ2v) is 2.42. The van der Waals surface area contributed by atoms with Crippen LogP contribution in [0.4, 0.5) is 0 Å². The van der Waals surface area contributed by atoms with Gasteiger partial charge in [0.05, 0.1) is 12.9 Å². The third-order valence-corrected chi connectivity index (χ3v) is 1.50. The van der Waals surface area contributed by atoms with Crippen LogP contribution in [0.25, 0.3) is 0 Å². The number of Topliss-reactive ketones (excluding diaryl/α,β-unsaturated/α-hetero) is 1. The van der Waals surface area contributed by atoms with Gasteiger partial charge in [0.15, 0.2) is 0 Å². The maximum Gasteiger partial charge on any atom is 0.133 e. The molecule has 0 aliphatic carbocycles. The summed E-state index contributed by atoms with van der Waals surface area (Å²) >= 11 is 0. The fraction of sp³-hybridized carbons (Fsp3) is 0.625. The van der Waals surface area contributed by atoms with Crippen molar-refractivity contribution in [3.05, 3.63) is 12.3 Å². The van der Waals surface area contributed by atoms with E-state index in [4.69, 9.17) is 4.74 Å². The maximum absolute atomic E-state index is 10.9. The first-order chi connectivity index (χ1) is 4.89. The van der Waals surface area contributed by atoms with Gasteiger partial charge in [-0.25, -0.2) is 0 Å². The van der Waals surface area contributed by atoms with E-state index in [2.05, 4.69) is 0 Å². The molecule has 0 bridgehead atoms. The van der Waals surface area contributed by atoms with E-state index in [-0.39, 0.29) is 0 Å². The Labute approximate surface area is 60.9 Å². The van der Waals surface area contributed by atoms with Crippen molar-refractivity contribution in [3.63, 3.8) is 0 Å². The van der Waals surface area contributed by atoms with Crippen LogP contribution in [-0.4, -0.2) is 12.4 Å². The molecular formula is C8H12O2. The highest BCUT2D eigenvalue weighted by Gasteiger charge is 2.01. The molecule has 1 rings (SSSR count). The lowest BCUT2D eigenvalue weighted by Crippen LogP contribution is -1.97. The van der Waals surface area contributed by atoms with Crippen LogP contribution in [0.2, 0.25) is 0 Å². The topological polar surface area (TPSA) is 26.3 Å². The molecule has 0 amide bonds. The lowest BCUT2D eigenvalue weighted by molar-refractivity contribution is -0.119. The third-order valence-electron chi connectivity index (χ3n) is 1.50. The van der Waals surface area contributed by atoms with Gasteiger partial charge in [-0.1, -0.05) is 0 Å². The number of ketones is 1. The van der Waals surface area contributed by atoms with Crippen molar-refractivity contribution in [1.82, 2.24) is 0 Å². The number of carbonyl (C=O) groups is 1. The molecule has 0 aromatic heterocycles. The Bertz CT molecular complexity index is 138. The summed E-state index contributed by atoms with van der Waals surface area (Å²) in [5.41, 5.74) is 0. The van der Waals surface area contributed by atoms with Crippen molar-refractivity contribution >= 4 is 5.78 Å². The molecule has 0 atom stereocenters. The normalized spacial score (nSPS) is 23.8. The summed E-state index contributed by atoms with van der Waals surface area (Å²) in [6.45, 7) is 0.683. The number of hydrogen-bond acceptors (Lipinski definition) is 2. The Hall–Kier alpha value is -0.790. The molecule has 0 N–H and O–H groups in total. The molecule has 1 aliphatic heterocycles. The molecule has 0 radical (unpaired) electrons. The largest absolute Gasteiger partial charge is 0.502 e. The Balaban J connectivity index is 2.32. The minimum atomic E-state index is 0.357. The fourth-order valence-electron chi connectivity index (χ4n) is 0.926. The molecule has 10 heavy (non-hydrogen) atoms. The lowest BCUT2D eigenvalue weighted by atomic mass is 10.1. The van der Waals surface area contributed by atoms with E-state index < -0.39 is 0 Å². The Morgan fingerprint density at radius 3 is 3.20 bits per heavy atom. The van der Waals surface area contributed by atoms with Gasteiger partial charge in [-0.3, -0.25) is 4.79 Å². The number of ether oxygens (including phenoxy) is 1. The molecule has 0 aromatic carbocycles. The van der Waals surface area contributed by atoms with Crippen LogP contribution in [0.15, 0.2) is 12.3 Å². The first-order valence-corrected chi connectivity index (χ1v) is 3.68. The Morgan fingerprint density at radius 1 is 1.40 bits per heavy atom. The zero-order valence-corrected chi connectivity index (χ0v) is 6.01. The van der Waals surface area contributed by atoms with Crippen molar-refractivity contribution < 1.29 is 9.53 Å². The van der Waals surface area contributed by atoms with Gasteiger partial charge < -0.3 is 4.74 Å². The van der Waals surface area contributed by atoms with Gasteiger partial charge in [-0.2, -0.15) is 0 Å². The average molecular weight is 140 g/mol. The van der Waals surface area contributed by atoms with Crippen LogP contribution in [-0.2, 0) is 9.53 Å². The summed E-state index contributed by atoms with van der Waals surface area (Å²) in [7, 11) is 0. The second kappa shape index (κ2) is 4.09. The van der Waals surface area contributed by atoms with E-state index >= 15 is 0 Å². The van der Waals surface area contributed by atoms with Crippen LogP contribution in [0.5, 0.6) is 0 Å². The average Bonchev–Trinajstić information content (AvgIpc) is 2.02. The fourth-order valence-corrected chi connectivity index (χ4v) is 0.926. The maximum atomic E-state index is 10.9. The molecule has 0 fully saturated rings. The lowest BCUT2D eigenvalue weighted by Gasteiger charge is -1.96. The van der Waals surface area contributed by atoms with Gasteiger partial charge in [0.1, 0.15) is 5.78 Å². The summed E-state index contributed by atoms with van der Waals surface area (Å²) in [6.07, 6.45) is 6.66. The molecule has 0 saturated carbocycles. The van der Waals surface area contributed by atoms with Crippen molar-refractivity contribution in [2.24, 2.45) is 0 Å². The SMILES string of the molecule is O=C1CC/C=C\OCCC1. The number of carbonyl (C=O) groups excluding carboxylic acids is 1. The van der Waals surface area contributed by atoms with Crippen molar-refractivity contribution in [2.45, 2.75) is 25.7 Å². The standard InChI is InChI=1S/C8H12O2/c9-8-4-1-2-6-10-7-3-5-8/h2,6H,1,3-5,7H2/b6-2-. The molecule has 1 heterocycles. The predicted octanol–water partition coefficient (Wildman–Crippen LogP) is 1.66. The first-order valence-electron chi connectivity index (χ1n) is 3.68. The molecule has 56 valence electrons. The zero-order chi connectivity index (χ0) is 7.23. The molecule has 2 nitrogen and oxygen atoms in total. The van der Waals surface area contributed by atoms with E-state index in [0.29, 0.717) is 25.2 Å².